The summed E-state index contributed by atoms with van der Waals surface area (Å²) in [4.78, 5) is 16.9. The highest BCUT2D eigenvalue weighted by atomic mass is 16.2. The monoisotopic (exact) mass is 275 g/mol. The fourth-order valence-electron chi connectivity index (χ4n) is 2.43. The molecule has 110 valence electrons. The Labute approximate surface area is 121 Å². The van der Waals surface area contributed by atoms with E-state index in [9.17, 15) is 4.79 Å². The zero-order valence-corrected chi connectivity index (χ0v) is 12.7. The van der Waals surface area contributed by atoms with E-state index < -0.39 is 0 Å². The van der Waals surface area contributed by atoms with Gasteiger partial charge < -0.3 is 15.5 Å². The maximum Gasteiger partial charge on any atom is 0.256 e. The van der Waals surface area contributed by atoms with Crippen LogP contribution in [0.3, 0.4) is 0 Å². The molecular formula is C16H25N3O. The van der Waals surface area contributed by atoms with E-state index in [0.717, 1.165) is 43.5 Å². The lowest BCUT2D eigenvalue weighted by atomic mass is 10.1. The van der Waals surface area contributed by atoms with Gasteiger partial charge in [0, 0.05) is 38.1 Å². The Bertz CT molecular complexity index is 481. The minimum atomic E-state index is 0.122. The van der Waals surface area contributed by atoms with Crippen LogP contribution in [0.4, 0.5) is 11.4 Å². The van der Waals surface area contributed by atoms with Crippen LogP contribution >= 0.6 is 0 Å². The molecule has 2 N–H and O–H groups in total. The number of carbonyl (C=O) groups excluding carboxylic acids is 1. The van der Waals surface area contributed by atoms with Gasteiger partial charge in [-0.25, -0.2) is 0 Å². The molecule has 1 aliphatic carbocycles. The summed E-state index contributed by atoms with van der Waals surface area (Å²) in [6, 6.07) is 6.01. The highest BCUT2D eigenvalue weighted by Gasteiger charge is 2.33. The van der Waals surface area contributed by atoms with Gasteiger partial charge in [0.2, 0.25) is 0 Å². The molecule has 20 heavy (non-hydrogen) atoms. The average molecular weight is 275 g/mol. The second kappa shape index (κ2) is 6.16. The molecule has 2 rings (SSSR count). The van der Waals surface area contributed by atoms with Gasteiger partial charge in [0.15, 0.2) is 0 Å². The predicted molar refractivity (Wildman–Crippen MR) is 84.1 cm³/mol. The Balaban J connectivity index is 2.28. The summed E-state index contributed by atoms with van der Waals surface area (Å²) < 4.78 is 0. The van der Waals surface area contributed by atoms with Crippen LogP contribution in [-0.2, 0) is 0 Å². The number of hydrogen-bond donors (Lipinski definition) is 1. The summed E-state index contributed by atoms with van der Waals surface area (Å²) in [5.41, 5.74) is 8.17. The smallest absolute Gasteiger partial charge is 0.256 e. The van der Waals surface area contributed by atoms with E-state index in [1.54, 1.807) is 6.07 Å². The molecule has 0 spiro atoms. The number of rotatable bonds is 6. The number of nitrogens with zero attached hydrogens (tertiary/aromatic N) is 2. The zero-order valence-electron chi connectivity index (χ0n) is 12.7. The Morgan fingerprint density at radius 2 is 2.05 bits per heavy atom. The first kappa shape index (κ1) is 14.7. The number of amides is 1. The van der Waals surface area contributed by atoms with Crippen LogP contribution in [0.15, 0.2) is 18.2 Å². The van der Waals surface area contributed by atoms with Crippen molar-refractivity contribution < 1.29 is 4.79 Å². The highest BCUT2D eigenvalue weighted by molar-refractivity contribution is 6.01. The van der Waals surface area contributed by atoms with Crippen LogP contribution in [0.1, 0.15) is 43.0 Å². The van der Waals surface area contributed by atoms with Gasteiger partial charge in [0.05, 0.1) is 5.56 Å². The third-order valence-electron chi connectivity index (χ3n) is 3.73. The third kappa shape index (κ3) is 3.24. The van der Waals surface area contributed by atoms with E-state index in [1.165, 1.54) is 0 Å². The maximum atomic E-state index is 12.9. The van der Waals surface area contributed by atoms with Crippen LogP contribution in [0.5, 0.6) is 0 Å². The summed E-state index contributed by atoms with van der Waals surface area (Å²) in [7, 11) is 3.91. The second-order valence-electron chi connectivity index (χ2n) is 5.75. The summed E-state index contributed by atoms with van der Waals surface area (Å²) in [6.45, 7) is 3.00. The second-order valence-corrected chi connectivity index (χ2v) is 5.75. The average Bonchev–Trinajstić information content (AvgIpc) is 3.23. The third-order valence-corrected chi connectivity index (χ3v) is 3.73. The highest BCUT2D eigenvalue weighted by Crippen LogP contribution is 2.31. The Morgan fingerprint density at radius 3 is 2.60 bits per heavy atom. The van der Waals surface area contributed by atoms with E-state index in [2.05, 4.69) is 6.92 Å². The van der Waals surface area contributed by atoms with Gasteiger partial charge in [0.1, 0.15) is 0 Å². The molecule has 1 amide bonds. The first-order chi connectivity index (χ1) is 9.54. The molecule has 0 radical (unpaired) electrons. The Hall–Kier alpha value is -1.71. The number of anilines is 2. The van der Waals surface area contributed by atoms with Gasteiger partial charge in [-0.3, -0.25) is 4.79 Å². The minimum Gasteiger partial charge on any atom is -0.399 e. The van der Waals surface area contributed by atoms with Gasteiger partial charge in [-0.1, -0.05) is 13.3 Å². The molecule has 4 heteroatoms. The molecule has 0 atom stereocenters. The fraction of sp³-hybridized carbons (Fsp3) is 0.562. The standard InChI is InChI=1S/C16H25N3O/c1-4-5-10-19(13-7-8-13)16(20)14-11-12(17)6-9-15(14)18(2)3/h6,9,11,13H,4-5,7-8,10,17H2,1-3H3. The van der Waals surface area contributed by atoms with Crippen LogP contribution in [0.25, 0.3) is 0 Å². The zero-order chi connectivity index (χ0) is 14.7. The van der Waals surface area contributed by atoms with Crippen LogP contribution in [0.2, 0.25) is 0 Å². The molecule has 0 heterocycles. The van der Waals surface area contributed by atoms with Gasteiger partial charge >= 0.3 is 0 Å². The molecule has 4 nitrogen and oxygen atoms in total. The van der Waals surface area contributed by atoms with Crippen molar-refractivity contribution in [2.45, 2.75) is 38.6 Å². The van der Waals surface area contributed by atoms with Gasteiger partial charge in [-0.15, -0.1) is 0 Å². The molecule has 0 aliphatic heterocycles. The number of carbonyl (C=O) groups is 1. The van der Waals surface area contributed by atoms with Crippen molar-refractivity contribution in [3.05, 3.63) is 23.8 Å². The van der Waals surface area contributed by atoms with Crippen molar-refractivity contribution in [1.82, 2.24) is 4.90 Å². The molecule has 1 saturated carbocycles. The van der Waals surface area contributed by atoms with Crippen molar-refractivity contribution in [1.29, 1.82) is 0 Å². The maximum absolute atomic E-state index is 12.9. The normalized spacial score (nSPS) is 14.2. The quantitative estimate of drug-likeness (QED) is 0.812. The minimum absolute atomic E-state index is 0.122. The van der Waals surface area contributed by atoms with E-state index in [0.29, 0.717) is 11.7 Å². The molecule has 0 bridgehead atoms. The van der Waals surface area contributed by atoms with Crippen LogP contribution in [-0.4, -0.2) is 37.5 Å². The number of nitrogen functional groups attached to an aromatic ring is 1. The largest absolute Gasteiger partial charge is 0.399 e. The van der Waals surface area contributed by atoms with Gasteiger partial charge in [0.25, 0.3) is 5.91 Å². The molecule has 1 aromatic rings. The topological polar surface area (TPSA) is 49.6 Å². The van der Waals surface area contributed by atoms with Gasteiger partial charge in [-0.05, 0) is 37.5 Å². The van der Waals surface area contributed by atoms with E-state index in [-0.39, 0.29) is 5.91 Å². The van der Waals surface area contributed by atoms with Crippen LogP contribution in [0, 0.1) is 0 Å². The molecular weight excluding hydrogens is 250 g/mol. The summed E-state index contributed by atoms with van der Waals surface area (Å²) in [5.74, 6) is 0.122. The van der Waals surface area contributed by atoms with Crippen molar-refractivity contribution in [3.63, 3.8) is 0 Å². The summed E-state index contributed by atoms with van der Waals surface area (Å²) in [6.07, 6.45) is 4.43. The molecule has 1 aromatic carbocycles. The molecule has 1 aliphatic rings. The lowest BCUT2D eigenvalue weighted by Gasteiger charge is -2.25. The first-order valence-electron chi connectivity index (χ1n) is 7.42. The molecule has 0 unspecified atom stereocenters. The van der Waals surface area contributed by atoms with E-state index >= 15 is 0 Å². The number of benzene rings is 1. The Morgan fingerprint density at radius 1 is 1.35 bits per heavy atom. The van der Waals surface area contributed by atoms with E-state index in [4.69, 9.17) is 5.73 Å². The lowest BCUT2D eigenvalue weighted by molar-refractivity contribution is 0.0741. The van der Waals surface area contributed by atoms with Crippen LogP contribution < -0.4 is 10.6 Å². The number of hydrogen-bond acceptors (Lipinski definition) is 3. The SMILES string of the molecule is CCCCN(C(=O)c1cc(N)ccc1N(C)C)C1CC1. The van der Waals surface area contributed by atoms with Crippen molar-refractivity contribution in [3.8, 4) is 0 Å². The number of unbranched alkanes of at least 4 members (excludes halogenated alkanes) is 1. The Kier molecular flexibility index (Phi) is 4.53. The lowest BCUT2D eigenvalue weighted by Crippen LogP contribution is -2.35. The first-order valence-corrected chi connectivity index (χ1v) is 7.42. The van der Waals surface area contributed by atoms with Crippen molar-refractivity contribution in [2.75, 3.05) is 31.3 Å². The van der Waals surface area contributed by atoms with Crippen molar-refractivity contribution >= 4 is 17.3 Å². The van der Waals surface area contributed by atoms with E-state index in [1.807, 2.05) is 36.0 Å². The molecule has 0 aromatic heterocycles. The predicted octanol–water partition coefficient (Wildman–Crippen LogP) is 2.74. The number of nitrogens with two attached hydrogens (primary N) is 1. The van der Waals surface area contributed by atoms with Crippen molar-refractivity contribution in [2.24, 2.45) is 0 Å². The molecule has 0 saturated heterocycles. The molecule has 1 fully saturated rings. The van der Waals surface area contributed by atoms with Gasteiger partial charge in [-0.2, -0.15) is 0 Å². The summed E-state index contributed by atoms with van der Waals surface area (Å²) >= 11 is 0. The fourth-order valence-corrected chi connectivity index (χ4v) is 2.43. The summed E-state index contributed by atoms with van der Waals surface area (Å²) in [5, 5.41) is 0.